The smallest absolute Gasteiger partial charge is 0.335 e. The van der Waals surface area contributed by atoms with Gasteiger partial charge in [0.1, 0.15) is 0 Å². The number of allylic oxidation sites excluding steroid dienone is 2. The van der Waals surface area contributed by atoms with E-state index in [9.17, 15) is 4.79 Å². The van der Waals surface area contributed by atoms with Gasteiger partial charge in [-0.25, -0.2) is 4.79 Å². The number of fused-ring (bicyclic) bond motifs is 1. The monoisotopic (exact) mass is 497 g/mol. The Labute approximate surface area is 220 Å². The fourth-order valence-electron chi connectivity index (χ4n) is 6.95. The summed E-state index contributed by atoms with van der Waals surface area (Å²) in [6.45, 7) is 11.7. The van der Waals surface area contributed by atoms with Crippen molar-refractivity contribution in [2.24, 2.45) is 21.9 Å². The molecule has 0 bridgehead atoms. The molecule has 1 aromatic heterocycles. The Morgan fingerprint density at radius 2 is 1.72 bits per heavy atom. The molecule has 0 radical (unpaired) electrons. The third kappa shape index (κ3) is 7.59. The molecule has 4 heteroatoms. The summed E-state index contributed by atoms with van der Waals surface area (Å²) >= 11 is 0. The number of rotatable bonds is 14. The molecule has 0 N–H and O–H groups in total. The largest absolute Gasteiger partial charge is 0.472 e. The van der Waals surface area contributed by atoms with Gasteiger partial charge in [0.25, 0.3) is 0 Å². The maximum atomic E-state index is 12.5. The van der Waals surface area contributed by atoms with Crippen LogP contribution < -0.4 is 0 Å². The minimum atomic E-state index is -0.186. The van der Waals surface area contributed by atoms with Gasteiger partial charge in [-0.05, 0) is 79.4 Å². The van der Waals surface area contributed by atoms with Crippen molar-refractivity contribution >= 4 is 11.7 Å². The Bertz CT molecular complexity index is 879. The topological polar surface area (TPSA) is 51.8 Å². The number of hydrogen-bond acceptors (Lipinski definition) is 4. The van der Waals surface area contributed by atoms with E-state index in [2.05, 4.69) is 45.8 Å². The van der Waals surface area contributed by atoms with E-state index in [0.29, 0.717) is 12.3 Å². The summed E-state index contributed by atoms with van der Waals surface area (Å²) in [4.78, 5) is 18.0. The molecule has 0 unspecified atom stereocenters. The Hall–Kier alpha value is -1.84. The van der Waals surface area contributed by atoms with Gasteiger partial charge in [-0.2, -0.15) is 0 Å². The second-order valence-electron chi connectivity index (χ2n) is 12.3. The summed E-state index contributed by atoms with van der Waals surface area (Å²) in [6, 6.07) is 2.06. The molecule has 0 amide bonds. The van der Waals surface area contributed by atoms with Crippen LogP contribution in [0.25, 0.3) is 0 Å². The van der Waals surface area contributed by atoms with Crippen molar-refractivity contribution in [3.63, 3.8) is 0 Å². The van der Waals surface area contributed by atoms with E-state index >= 15 is 0 Å². The van der Waals surface area contributed by atoms with E-state index in [1.165, 1.54) is 80.9 Å². The lowest BCUT2D eigenvalue weighted by Crippen LogP contribution is -2.47. The molecule has 0 spiro atoms. The standard InChI is InChI=1S/C32H51NO3/c1-6-7-8-9-10-11-12-13-14-16-30(34)36-33-28-23-29-31(3,4)20-15-21-32(29,5)27(25(28)2)18-17-26-19-22-35-24-26/h19,22,24,29H,6-18,20-21,23H2,1-5H3/b33-28-/t29-,32+/m0/s1. The molecule has 4 nitrogen and oxygen atoms in total. The highest BCUT2D eigenvalue weighted by molar-refractivity contribution is 6.01. The molecular formula is C32H51NO3. The van der Waals surface area contributed by atoms with Gasteiger partial charge in [0.15, 0.2) is 0 Å². The van der Waals surface area contributed by atoms with Crippen molar-refractivity contribution in [2.75, 3.05) is 0 Å². The van der Waals surface area contributed by atoms with E-state index in [0.717, 1.165) is 37.8 Å². The lowest BCUT2D eigenvalue weighted by molar-refractivity contribution is -0.143. The third-order valence-corrected chi connectivity index (χ3v) is 9.19. The van der Waals surface area contributed by atoms with Crippen LogP contribution in [0.3, 0.4) is 0 Å². The number of oxime groups is 1. The second-order valence-corrected chi connectivity index (χ2v) is 12.3. The van der Waals surface area contributed by atoms with E-state index in [4.69, 9.17) is 9.25 Å². The lowest BCUT2D eigenvalue weighted by atomic mass is 9.49. The zero-order valence-corrected chi connectivity index (χ0v) is 23.8. The van der Waals surface area contributed by atoms with Crippen molar-refractivity contribution < 1.29 is 14.0 Å². The van der Waals surface area contributed by atoms with Gasteiger partial charge in [0, 0.05) is 6.42 Å². The fraction of sp³-hybridized carbons (Fsp3) is 0.750. The Morgan fingerprint density at radius 3 is 2.39 bits per heavy atom. The number of hydrogen-bond donors (Lipinski definition) is 0. The minimum Gasteiger partial charge on any atom is -0.472 e. The average Bonchev–Trinajstić information content (AvgIpc) is 3.35. The predicted molar refractivity (Wildman–Crippen MR) is 149 cm³/mol. The molecule has 36 heavy (non-hydrogen) atoms. The maximum absolute atomic E-state index is 12.5. The number of unbranched alkanes of at least 4 members (excludes halogenated alkanes) is 8. The van der Waals surface area contributed by atoms with Crippen LogP contribution in [0.2, 0.25) is 0 Å². The van der Waals surface area contributed by atoms with Crippen molar-refractivity contribution in [1.82, 2.24) is 0 Å². The SMILES string of the molecule is CCCCCCCCCCCC(=O)O/N=C1/C[C@H]2C(C)(C)CCC[C@]2(C)C(CCc2ccoc2)=C1C. The van der Waals surface area contributed by atoms with Crippen molar-refractivity contribution in [3.05, 3.63) is 35.3 Å². The molecule has 0 aliphatic heterocycles. The van der Waals surface area contributed by atoms with Crippen LogP contribution in [0.1, 0.15) is 136 Å². The molecule has 0 saturated heterocycles. The fourth-order valence-corrected chi connectivity index (χ4v) is 6.95. The molecule has 3 rings (SSSR count). The normalized spacial score (nSPS) is 24.7. The summed E-state index contributed by atoms with van der Waals surface area (Å²) in [6.07, 6.45) is 21.9. The average molecular weight is 498 g/mol. The van der Waals surface area contributed by atoms with Crippen molar-refractivity contribution in [1.29, 1.82) is 0 Å². The van der Waals surface area contributed by atoms with E-state index in [-0.39, 0.29) is 16.8 Å². The van der Waals surface area contributed by atoms with Crippen LogP contribution in [0.5, 0.6) is 0 Å². The first-order valence-electron chi connectivity index (χ1n) is 14.8. The van der Waals surface area contributed by atoms with Gasteiger partial charge in [0.05, 0.1) is 18.2 Å². The van der Waals surface area contributed by atoms with Crippen LogP contribution in [0.15, 0.2) is 39.3 Å². The Morgan fingerprint density at radius 1 is 1.03 bits per heavy atom. The van der Waals surface area contributed by atoms with Crippen LogP contribution in [-0.2, 0) is 16.1 Å². The summed E-state index contributed by atoms with van der Waals surface area (Å²) in [5, 5.41) is 4.49. The summed E-state index contributed by atoms with van der Waals surface area (Å²) in [7, 11) is 0. The van der Waals surface area contributed by atoms with Gasteiger partial charge in [0.2, 0.25) is 0 Å². The van der Waals surface area contributed by atoms with Gasteiger partial charge < -0.3 is 9.25 Å². The Balaban J connectivity index is 1.59. The molecule has 1 fully saturated rings. The van der Waals surface area contributed by atoms with Crippen LogP contribution in [0, 0.1) is 16.7 Å². The quantitative estimate of drug-likeness (QED) is 0.146. The van der Waals surface area contributed by atoms with Crippen molar-refractivity contribution in [3.8, 4) is 0 Å². The first-order chi connectivity index (χ1) is 17.3. The van der Waals surface area contributed by atoms with Crippen LogP contribution in [-0.4, -0.2) is 11.7 Å². The van der Waals surface area contributed by atoms with E-state index in [1.54, 1.807) is 6.26 Å². The van der Waals surface area contributed by atoms with E-state index in [1.807, 2.05) is 6.26 Å². The molecule has 0 aromatic carbocycles. The first-order valence-corrected chi connectivity index (χ1v) is 14.8. The zero-order chi connectivity index (χ0) is 26.0. The second kappa shape index (κ2) is 13.6. The highest BCUT2D eigenvalue weighted by atomic mass is 16.7. The van der Waals surface area contributed by atoms with Crippen LogP contribution >= 0.6 is 0 Å². The molecule has 1 heterocycles. The molecule has 2 aliphatic carbocycles. The molecule has 2 atom stereocenters. The molecule has 1 aromatic rings. The predicted octanol–water partition coefficient (Wildman–Crippen LogP) is 9.59. The number of carbonyl (C=O) groups is 1. The Kier molecular flexibility index (Phi) is 10.9. The molecule has 202 valence electrons. The number of nitrogens with zero attached hydrogens (tertiary/aromatic N) is 1. The first kappa shape index (κ1) is 28.7. The third-order valence-electron chi connectivity index (χ3n) is 9.19. The van der Waals surface area contributed by atoms with Gasteiger partial charge in [-0.15, -0.1) is 0 Å². The minimum absolute atomic E-state index is 0.176. The van der Waals surface area contributed by atoms with Crippen molar-refractivity contribution in [2.45, 2.75) is 137 Å². The molecule has 2 aliphatic rings. The zero-order valence-electron chi connectivity index (χ0n) is 23.8. The van der Waals surface area contributed by atoms with E-state index < -0.39 is 0 Å². The maximum Gasteiger partial charge on any atom is 0.335 e. The van der Waals surface area contributed by atoms with Crippen LogP contribution in [0.4, 0.5) is 0 Å². The number of aryl methyl sites for hydroxylation is 1. The number of furan rings is 1. The van der Waals surface area contributed by atoms with Gasteiger partial charge >= 0.3 is 5.97 Å². The molecular weight excluding hydrogens is 446 g/mol. The summed E-state index contributed by atoms with van der Waals surface area (Å²) in [5.41, 5.74) is 5.38. The summed E-state index contributed by atoms with van der Waals surface area (Å²) in [5.74, 6) is 0.325. The highest BCUT2D eigenvalue weighted by Crippen LogP contribution is 2.59. The highest BCUT2D eigenvalue weighted by Gasteiger charge is 2.51. The summed E-state index contributed by atoms with van der Waals surface area (Å²) < 4.78 is 5.31. The molecule has 1 saturated carbocycles. The van der Waals surface area contributed by atoms with Gasteiger partial charge in [-0.1, -0.05) is 96.2 Å². The number of carbonyl (C=O) groups excluding carboxylic acids is 1. The lowest BCUT2D eigenvalue weighted by Gasteiger charge is -2.55. The van der Waals surface area contributed by atoms with Gasteiger partial charge in [-0.3, -0.25) is 0 Å².